The van der Waals surface area contributed by atoms with Crippen LogP contribution in [0.1, 0.15) is 32.1 Å². The highest BCUT2D eigenvalue weighted by Gasteiger charge is 2.30. The molecule has 0 aliphatic heterocycles. The molecule has 2 aromatic carbocycles. The number of aromatic hydroxyl groups is 1. The van der Waals surface area contributed by atoms with Crippen molar-refractivity contribution in [3.05, 3.63) is 87.2 Å². The number of phenols is 1. The molecule has 0 radical (unpaired) electrons. The Hall–Kier alpha value is -3.26. The van der Waals surface area contributed by atoms with Crippen molar-refractivity contribution in [3.63, 3.8) is 0 Å². The van der Waals surface area contributed by atoms with Gasteiger partial charge in [0.05, 0.1) is 17.7 Å². The van der Waals surface area contributed by atoms with E-state index in [0.717, 1.165) is 28.2 Å². The number of nitrogens with zero attached hydrogens (tertiary/aromatic N) is 1. The van der Waals surface area contributed by atoms with Crippen molar-refractivity contribution in [1.29, 1.82) is 0 Å². The number of hydrogen-bond acceptors (Lipinski definition) is 3. The number of amides is 1. The van der Waals surface area contributed by atoms with Gasteiger partial charge in [0.2, 0.25) is 0 Å². The molecule has 31 heavy (non-hydrogen) atoms. The Bertz CT molecular complexity index is 1240. The molecule has 2 N–H and O–H groups in total. The maximum absolute atomic E-state index is 13.0. The summed E-state index contributed by atoms with van der Waals surface area (Å²) in [6.07, 6.45) is -4.44. The maximum Gasteiger partial charge on any atom is 0.416 e. The summed E-state index contributed by atoms with van der Waals surface area (Å²) < 4.78 is 40.8. The van der Waals surface area contributed by atoms with Crippen molar-refractivity contribution in [2.45, 2.75) is 26.2 Å². The molecular weight excluding hydrogens is 425 g/mol. The van der Waals surface area contributed by atoms with Crippen LogP contribution in [0.4, 0.5) is 13.2 Å². The third-order valence-electron chi connectivity index (χ3n) is 5.14. The van der Waals surface area contributed by atoms with Gasteiger partial charge in [-0.15, -0.1) is 11.3 Å². The number of carbonyl (C=O) groups is 1. The molecule has 4 aromatic rings. The van der Waals surface area contributed by atoms with Crippen LogP contribution in [0.3, 0.4) is 0 Å². The molecule has 2 heterocycles. The molecule has 0 spiro atoms. The Morgan fingerprint density at radius 2 is 1.94 bits per heavy atom. The molecule has 8 heteroatoms. The molecule has 0 aliphatic rings. The fourth-order valence-corrected chi connectivity index (χ4v) is 4.34. The van der Waals surface area contributed by atoms with Gasteiger partial charge in [0, 0.05) is 28.0 Å². The number of nitrogens with one attached hydrogen (secondary N) is 1. The summed E-state index contributed by atoms with van der Waals surface area (Å²) in [5, 5.41) is 15.3. The Morgan fingerprint density at radius 3 is 2.65 bits per heavy atom. The van der Waals surface area contributed by atoms with E-state index in [1.807, 2.05) is 29.0 Å². The summed E-state index contributed by atoms with van der Waals surface area (Å²) in [5.74, 6) is -0.372. The Kier molecular flexibility index (Phi) is 5.49. The van der Waals surface area contributed by atoms with Gasteiger partial charge in [0.25, 0.3) is 5.91 Å². The van der Waals surface area contributed by atoms with Crippen LogP contribution < -0.4 is 5.32 Å². The molecule has 0 fully saturated rings. The summed E-state index contributed by atoms with van der Waals surface area (Å²) in [4.78, 5) is 14.2. The van der Waals surface area contributed by atoms with Gasteiger partial charge in [-0.2, -0.15) is 13.2 Å². The van der Waals surface area contributed by atoms with Crippen molar-refractivity contribution in [1.82, 2.24) is 9.88 Å². The highest BCUT2D eigenvalue weighted by atomic mass is 32.1. The number of carbonyl (C=O) groups excluding carboxylic acids is 1. The monoisotopic (exact) mass is 444 g/mol. The SMILES string of the molecule is Cc1c(C(=O)NCc2cccc(C(F)(F)F)c2)c2cc(O)ccc2n1Cc1cccs1. The van der Waals surface area contributed by atoms with Crippen LogP contribution in [0.5, 0.6) is 5.75 Å². The normalized spacial score (nSPS) is 11.7. The van der Waals surface area contributed by atoms with Crippen LogP contribution in [-0.2, 0) is 19.3 Å². The molecule has 0 unspecified atom stereocenters. The van der Waals surface area contributed by atoms with E-state index in [-0.39, 0.29) is 12.3 Å². The summed E-state index contributed by atoms with van der Waals surface area (Å²) in [5.41, 5.74) is 1.51. The molecule has 1 amide bonds. The summed E-state index contributed by atoms with van der Waals surface area (Å²) in [7, 11) is 0. The molecular formula is C23H19F3N2O2S. The highest BCUT2D eigenvalue weighted by Crippen LogP contribution is 2.31. The lowest BCUT2D eigenvalue weighted by molar-refractivity contribution is -0.137. The molecule has 0 aliphatic carbocycles. The zero-order valence-corrected chi connectivity index (χ0v) is 17.3. The van der Waals surface area contributed by atoms with E-state index in [2.05, 4.69) is 5.32 Å². The van der Waals surface area contributed by atoms with E-state index >= 15 is 0 Å². The minimum atomic E-state index is -4.44. The van der Waals surface area contributed by atoms with E-state index in [4.69, 9.17) is 0 Å². The average Bonchev–Trinajstić information content (AvgIpc) is 3.32. The minimum Gasteiger partial charge on any atom is -0.508 e. The van der Waals surface area contributed by atoms with Gasteiger partial charge >= 0.3 is 6.18 Å². The van der Waals surface area contributed by atoms with Gasteiger partial charge in [0.1, 0.15) is 5.75 Å². The number of alkyl halides is 3. The van der Waals surface area contributed by atoms with Crippen molar-refractivity contribution in [3.8, 4) is 5.75 Å². The van der Waals surface area contributed by atoms with E-state index < -0.39 is 17.6 Å². The molecule has 0 bridgehead atoms. The Labute approximate surface area is 180 Å². The Balaban J connectivity index is 1.65. The van der Waals surface area contributed by atoms with E-state index in [1.54, 1.807) is 23.5 Å². The molecule has 0 saturated carbocycles. The van der Waals surface area contributed by atoms with Crippen molar-refractivity contribution < 1.29 is 23.1 Å². The van der Waals surface area contributed by atoms with Crippen LogP contribution in [-0.4, -0.2) is 15.6 Å². The third-order valence-corrected chi connectivity index (χ3v) is 6.00. The van der Waals surface area contributed by atoms with Gasteiger partial charge in [0.15, 0.2) is 0 Å². The quantitative estimate of drug-likeness (QED) is 0.414. The summed E-state index contributed by atoms with van der Waals surface area (Å²) in [6.45, 7) is 2.36. The van der Waals surface area contributed by atoms with Gasteiger partial charge in [-0.25, -0.2) is 0 Å². The zero-order valence-electron chi connectivity index (χ0n) is 16.5. The van der Waals surface area contributed by atoms with E-state index in [1.165, 1.54) is 18.2 Å². The number of halogens is 3. The molecule has 0 atom stereocenters. The van der Waals surface area contributed by atoms with Gasteiger partial charge in [-0.1, -0.05) is 18.2 Å². The van der Waals surface area contributed by atoms with E-state index in [0.29, 0.717) is 23.1 Å². The predicted octanol–water partition coefficient (Wildman–Crippen LogP) is 5.71. The summed E-state index contributed by atoms with van der Waals surface area (Å²) in [6, 6.07) is 13.7. The first-order chi connectivity index (χ1) is 14.7. The second kappa shape index (κ2) is 8.11. The standard InChI is InChI=1S/C23H19F3N2O2S/c1-14-21(22(30)27-12-15-4-2-5-16(10-15)23(24,25)26)19-11-17(29)7-8-20(19)28(14)13-18-6-3-9-31-18/h2-11,29H,12-13H2,1H3,(H,27,30). The minimum absolute atomic E-state index is 0.0349. The average molecular weight is 444 g/mol. The topological polar surface area (TPSA) is 54.3 Å². The van der Waals surface area contributed by atoms with Crippen molar-refractivity contribution >= 4 is 28.1 Å². The smallest absolute Gasteiger partial charge is 0.416 e. The molecule has 160 valence electrons. The van der Waals surface area contributed by atoms with Gasteiger partial charge < -0.3 is 15.0 Å². The van der Waals surface area contributed by atoms with Gasteiger partial charge in [-0.3, -0.25) is 4.79 Å². The van der Waals surface area contributed by atoms with Crippen LogP contribution in [0.2, 0.25) is 0 Å². The number of thiophene rings is 1. The fourth-order valence-electron chi connectivity index (χ4n) is 3.65. The lowest BCUT2D eigenvalue weighted by Crippen LogP contribution is -2.24. The zero-order chi connectivity index (χ0) is 22.2. The molecule has 4 rings (SSSR count). The number of hydrogen-bond donors (Lipinski definition) is 2. The third kappa shape index (κ3) is 4.29. The van der Waals surface area contributed by atoms with Crippen LogP contribution in [0.15, 0.2) is 60.0 Å². The number of rotatable bonds is 5. The van der Waals surface area contributed by atoms with Gasteiger partial charge in [-0.05, 0) is 54.3 Å². The number of benzene rings is 2. The first-order valence-electron chi connectivity index (χ1n) is 9.52. The first kappa shape index (κ1) is 21.0. The number of phenolic OH excluding ortho intramolecular Hbond substituents is 1. The predicted molar refractivity (Wildman–Crippen MR) is 114 cm³/mol. The highest BCUT2D eigenvalue weighted by molar-refractivity contribution is 7.09. The molecule has 2 aromatic heterocycles. The molecule has 4 nitrogen and oxygen atoms in total. The lowest BCUT2D eigenvalue weighted by Gasteiger charge is -2.10. The fraction of sp³-hybridized carbons (Fsp3) is 0.174. The second-order valence-electron chi connectivity index (χ2n) is 7.21. The Morgan fingerprint density at radius 1 is 1.13 bits per heavy atom. The summed E-state index contributed by atoms with van der Waals surface area (Å²) >= 11 is 1.60. The van der Waals surface area contributed by atoms with Crippen molar-refractivity contribution in [2.24, 2.45) is 0 Å². The van der Waals surface area contributed by atoms with Crippen molar-refractivity contribution in [2.75, 3.05) is 0 Å². The maximum atomic E-state index is 13.0. The van der Waals surface area contributed by atoms with Crippen LogP contribution in [0, 0.1) is 6.92 Å². The van der Waals surface area contributed by atoms with Crippen LogP contribution in [0.25, 0.3) is 10.9 Å². The number of aromatic nitrogens is 1. The molecule has 0 saturated heterocycles. The largest absolute Gasteiger partial charge is 0.508 e. The lowest BCUT2D eigenvalue weighted by atomic mass is 10.1. The van der Waals surface area contributed by atoms with E-state index in [9.17, 15) is 23.1 Å². The first-order valence-corrected chi connectivity index (χ1v) is 10.4. The number of fused-ring (bicyclic) bond motifs is 1. The second-order valence-corrected chi connectivity index (χ2v) is 8.24. The van der Waals surface area contributed by atoms with Crippen LogP contribution >= 0.6 is 11.3 Å².